The molecule has 3 aromatic carbocycles. The molecule has 6 heteroatoms. The van der Waals surface area contributed by atoms with E-state index in [4.69, 9.17) is 0 Å². The number of hydrogen-bond acceptors (Lipinski definition) is 4. The predicted octanol–water partition coefficient (Wildman–Crippen LogP) is 6.53. The van der Waals surface area contributed by atoms with E-state index in [2.05, 4.69) is 34.5 Å². The highest BCUT2D eigenvalue weighted by molar-refractivity contribution is 7.12. The molecule has 2 heterocycles. The highest BCUT2D eigenvalue weighted by Crippen LogP contribution is 2.39. The number of hydrogen-bond donors (Lipinski definition) is 1. The van der Waals surface area contributed by atoms with E-state index in [-0.39, 0.29) is 5.88 Å². The summed E-state index contributed by atoms with van der Waals surface area (Å²) in [4.78, 5) is 12.7. The third-order valence-electron chi connectivity index (χ3n) is 5.10. The summed E-state index contributed by atoms with van der Waals surface area (Å²) in [6, 6.07) is 25.4. The quantitative estimate of drug-likeness (QED) is 0.341. The fraction of sp³-hybridized carbons (Fsp3) is 0.0417. The third kappa shape index (κ3) is 3.17. The fourth-order valence-electron chi connectivity index (χ4n) is 3.68. The number of thiophene rings is 1. The Balaban J connectivity index is 1.60. The molecule has 0 aliphatic rings. The van der Waals surface area contributed by atoms with Gasteiger partial charge in [-0.15, -0.1) is 21.6 Å². The van der Waals surface area contributed by atoms with Gasteiger partial charge < -0.3 is 9.67 Å². The molecule has 0 atom stereocenters. The Labute approximate surface area is 176 Å². The summed E-state index contributed by atoms with van der Waals surface area (Å²) >= 11 is 1.31. The van der Waals surface area contributed by atoms with Crippen molar-refractivity contribution in [1.29, 1.82) is 0 Å². The molecule has 0 saturated heterocycles. The normalized spacial score (nSPS) is 11.6. The van der Waals surface area contributed by atoms with Crippen LogP contribution in [-0.4, -0.2) is 15.6 Å². The monoisotopic (exact) mass is 411 g/mol. The molecule has 5 nitrogen and oxygen atoms in total. The second-order valence-corrected chi connectivity index (χ2v) is 7.84. The van der Waals surface area contributed by atoms with Gasteiger partial charge in [-0.2, -0.15) is 0 Å². The second kappa shape index (κ2) is 7.57. The van der Waals surface area contributed by atoms with Gasteiger partial charge in [0.2, 0.25) is 5.88 Å². The SMILES string of the molecule is O=C(N=Nc1c(O)n(Cc2cccc3ccccc23)c2ccccc12)c1cccs1. The zero-order valence-electron chi connectivity index (χ0n) is 15.9. The van der Waals surface area contributed by atoms with E-state index < -0.39 is 5.91 Å². The number of para-hydroxylation sites is 1. The molecular weight excluding hydrogens is 394 g/mol. The van der Waals surface area contributed by atoms with Crippen LogP contribution in [0.3, 0.4) is 0 Å². The maximum absolute atomic E-state index is 12.2. The molecular formula is C24H17N3O2S. The van der Waals surface area contributed by atoms with E-state index in [1.54, 1.807) is 16.7 Å². The number of carbonyl (C=O) groups excluding carboxylic acids is 1. The van der Waals surface area contributed by atoms with Crippen molar-refractivity contribution in [3.05, 3.63) is 94.7 Å². The number of carbonyl (C=O) groups is 1. The summed E-state index contributed by atoms with van der Waals surface area (Å²) < 4.78 is 1.81. The van der Waals surface area contributed by atoms with Gasteiger partial charge in [-0.05, 0) is 33.8 Å². The first kappa shape index (κ1) is 18.3. The molecule has 1 N–H and O–H groups in total. The maximum atomic E-state index is 12.2. The van der Waals surface area contributed by atoms with Crippen LogP contribution in [0, 0.1) is 0 Å². The zero-order chi connectivity index (χ0) is 20.5. The van der Waals surface area contributed by atoms with Crippen molar-refractivity contribution in [2.75, 3.05) is 0 Å². The van der Waals surface area contributed by atoms with E-state index in [0.717, 1.165) is 27.2 Å². The van der Waals surface area contributed by atoms with Crippen LogP contribution < -0.4 is 0 Å². The number of azo groups is 1. The Hall–Kier alpha value is -3.77. The number of rotatable bonds is 4. The highest BCUT2D eigenvalue weighted by atomic mass is 32.1. The van der Waals surface area contributed by atoms with Gasteiger partial charge in [-0.1, -0.05) is 66.7 Å². The molecule has 1 amide bonds. The number of nitrogens with zero attached hydrogens (tertiary/aromatic N) is 3. The van der Waals surface area contributed by atoms with Crippen molar-refractivity contribution in [3.8, 4) is 5.88 Å². The van der Waals surface area contributed by atoms with Crippen LogP contribution in [0.1, 0.15) is 15.2 Å². The largest absolute Gasteiger partial charge is 0.493 e. The molecule has 0 spiro atoms. The molecule has 0 radical (unpaired) electrons. The van der Waals surface area contributed by atoms with Gasteiger partial charge in [-0.25, -0.2) is 0 Å². The molecule has 0 saturated carbocycles. The van der Waals surface area contributed by atoms with Crippen LogP contribution in [0.15, 0.2) is 94.5 Å². The van der Waals surface area contributed by atoms with Crippen LogP contribution in [0.2, 0.25) is 0 Å². The van der Waals surface area contributed by atoms with E-state index >= 15 is 0 Å². The molecule has 146 valence electrons. The molecule has 0 aliphatic carbocycles. The smallest absolute Gasteiger partial charge is 0.305 e. The van der Waals surface area contributed by atoms with E-state index in [0.29, 0.717) is 17.1 Å². The summed E-state index contributed by atoms with van der Waals surface area (Å²) in [7, 11) is 0. The number of fused-ring (bicyclic) bond motifs is 2. The summed E-state index contributed by atoms with van der Waals surface area (Å²) in [5.74, 6) is -0.429. The van der Waals surface area contributed by atoms with Crippen molar-refractivity contribution in [2.45, 2.75) is 6.54 Å². The van der Waals surface area contributed by atoms with Crippen LogP contribution >= 0.6 is 11.3 Å². The van der Waals surface area contributed by atoms with Gasteiger partial charge >= 0.3 is 5.91 Å². The minimum Gasteiger partial charge on any atom is -0.493 e. The van der Waals surface area contributed by atoms with Crippen molar-refractivity contribution >= 4 is 44.6 Å². The molecule has 0 bridgehead atoms. The van der Waals surface area contributed by atoms with Crippen LogP contribution in [0.4, 0.5) is 5.69 Å². The molecule has 0 aliphatic heterocycles. The summed E-state index contributed by atoms with van der Waals surface area (Å²) in [5, 5.41) is 23.8. The number of aromatic nitrogens is 1. The van der Waals surface area contributed by atoms with Gasteiger partial charge in [0.25, 0.3) is 0 Å². The van der Waals surface area contributed by atoms with Gasteiger partial charge in [0, 0.05) is 5.39 Å². The Morgan fingerprint density at radius 3 is 2.50 bits per heavy atom. The van der Waals surface area contributed by atoms with E-state index in [1.807, 2.05) is 47.8 Å². The first-order valence-electron chi connectivity index (χ1n) is 9.49. The van der Waals surface area contributed by atoms with Gasteiger partial charge in [0.1, 0.15) is 0 Å². The van der Waals surface area contributed by atoms with Crippen molar-refractivity contribution in [1.82, 2.24) is 4.57 Å². The molecule has 30 heavy (non-hydrogen) atoms. The molecule has 2 aromatic heterocycles. The minimum atomic E-state index is -0.421. The lowest BCUT2D eigenvalue weighted by molar-refractivity contribution is 0.0999. The van der Waals surface area contributed by atoms with Crippen molar-refractivity contribution < 1.29 is 9.90 Å². The first-order valence-corrected chi connectivity index (χ1v) is 10.4. The van der Waals surface area contributed by atoms with Gasteiger partial charge in [0.05, 0.1) is 16.9 Å². The zero-order valence-corrected chi connectivity index (χ0v) is 16.7. The molecule has 5 aromatic rings. The van der Waals surface area contributed by atoms with Gasteiger partial charge in [0.15, 0.2) is 5.69 Å². The topological polar surface area (TPSA) is 66.9 Å². The average Bonchev–Trinajstić information content (AvgIpc) is 3.40. The fourth-order valence-corrected chi connectivity index (χ4v) is 4.28. The maximum Gasteiger partial charge on any atom is 0.305 e. The van der Waals surface area contributed by atoms with E-state index in [1.165, 1.54) is 11.3 Å². The number of amides is 1. The standard InChI is InChI=1S/C24H17N3O2S/c28-23(21-13-6-14-30-21)26-25-22-19-11-3-4-12-20(19)27(24(22)29)15-17-9-5-8-16-7-1-2-10-18(16)17/h1-14,29H,15H2. The van der Waals surface area contributed by atoms with Crippen molar-refractivity contribution in [3.63, 3.8) is 0 Å². The summed E-state index contributed by atoms with van der Waals surface area (Å²) in [5.41, 5.74) is 2.22. The lowest BCUT2D eigenvalue weighted by atomic mass is 10.0. The number of aromatic hydroxyl groups is 1. The minimum absolute atomic E-state index is 0.00753. The molecule has 5 rings (SSSR count). The second-order valence-electron chi connectivity index (χ2n) is 6.90. The van der Waals surface area contributed by atoms with Crippen LogP contribution in [-0.2, 0) is 6.54 Å². The average molecular weight is 411 g/mol. The lowest BCUT2D eigenvalue weighted by Gasteiger charge is -2.10. The van der Waals surface area contributed by atoms with Crippen molar-refractivity contribution in [2.24, 2.45) is 10.2 Å². The Bertz CT molecular complexity index is 1400. The van der Waals surface area contributed by atoms with Gasteiger partial charge in [-0.3, -0.25) is 4.79 Å². The highest BCUT2D eigenvalue weighted by Gasteiger charge is 2.18. The van der Waals surface area contributed by atoms with Crippen LogP contribution in [0.5, 0.6) is 5.88 Å². The van der Waals surface area contributed by atoms with E-state index in [9.17, 15) is 9.90 Å². The Kier molecular flexibility index (Phi) is 4.61. The third-order valence-corrected chi connectivity index (χ3v) is 5.96. The Morgan fingerprint density at radius 1 is 0.900 bits per heavy atom. The first-order chi connectivity index (χ1) is 14.7. The summed E-state index contributed by atoms with van der Waals surface area (Å²) in [6.07, 6.45) is 0. The summed E-state index contributed by atoms with van der Waals surface area (Å²) in [6.45, 7) is 0.474. The molecule has 0 fully saturated rings. The predicted molar refractivity (Wildman–Crippen MR) is 120 cm³/mol. The van der Waals surface area contributed by atoms with Crippen LogP contribution in [0.25, 0.3) is 21.7 Å². The Morgan fingerprint density at radius 2 is 1.67 bits per heavy atom. The lowest BCUT2D eigenvalue weighted by Crippen LogP contribution is -1.99. The number of benzene rings is 3. The molecule has 0 unspecified atom stereocenters.